The molecule has 2 aliphatic carbocycles. The molecule has 48 heavy (non-hydrogen) atoms. The van der Waals surface area contributed by atoms with Crippen molar-refractivity contribution in [3.63, 3.8) is 0 Å². The molecule has 0 fully saturated rings. The van der Waals surface area contributed by atoms with Crippen molar-refractivity contribution in [1.29, 1.82) is 0 Å². The van der Waals surface area contributed by atoms with Gasteiger partial charge >= 0.3 is 0 Å². The minimum Gasteiger partial charge on any atom is -0.455 e. The third kappa shape index (κ3) is 3.25. The van der Waals surface area contributed by atoms with Gasteiger partial charge < -0.3 is 4.42 Å². The molecule has 0 atom stereocenters. The Hall–Kier alpha value is -6.18. The van der Waals surface area contributed by atoms with Crippen LogP contribution >= 0.6 is 0 Å². The Bertz CT molecular complexity index is 2740. The van der Waals surface area contributed by atoms with E-state index in [1.807, 2.05) is 0 Å². The van der Waals surface area contributed by atoms with Crippen LogP contribution in [0, 0.1) is 0 Å². The Morgan fingerprint density at radius 1 is 0.375 bits per heavy atom. The van der Waals surface area contributed by atoms with Crippen molar-refractivity contribution in [3.8, 4) is 44.5 Å². The van der Waals surface area contributed by atoms with Gasteiger partial charge in [0.15, 0.2) is 0 Å². The monoisotopic (exact) mass is 608 g/mol. The number of fused-ring (bicyclic) bond motifs is 15. The lowest BCUT2D eigenvalue weighted by Crippen LogP contribution is -2.26. The quantitative estimate of drug-likeness (QED) is 0.190. The van der Waals surface area contributed by atoms with Gasteiger partial charge in [-0.05, 0) is 96.2 Å². The van der Waals surface area contributed by atoms with Crippen LogP contribution in [0.1, 0.15) is 22.3 Å². The lowest BCUT2D eigenvalue weighted by atomic mass is 9.69. The number of hydrogen-bond acceptors (Lipinski definition) is 1. The largest absolute Gasteiger partial charge is 0.455 e. The normalized spacial score (nSPS) is 13.6. The van der Waals surface area contributed by atoms with E-state index in [0.29, 0.717) is 0 Å². The summed E-state index contributed by atoms with van der Waals surface area (Å²) in [6.45, 7) is 0. The molecule has 1 heteroatoms. The summed E-state index contributed by atoms with van der Waals surface area (Å²) in [5, 5.41) is 4.83. The molecule has 1 heterocycles. The van der Waals surface area contributed by atoms with Crippen molar-refractivity contribution in [2.75, 3.05) is 0 Å². The molecule has 0 radical (unpaired) electrons. The van der Waals surface area contributed by atoms with Gasteiger partial charge in [0, 0.05) is 16.3 Å². The van der Waals surface area contributed by atoms with E-state index in [-0.39, 0.29) is 0 Å². The molecule has 2 aliphatic rings. The maximum absolute atomic E-state index is 6.96. The number of furan rings is 1. The SMILES string of the molecule is c1ccc(-c2cc3c(c4oc5ccccc5c24)-c2ccc(-c4ccc5ccccc5c4)cc2C32c3ccccc3-c3ccccc32)cc1. The van der Waals surface area contributed by atoms with Crippen LogP contribution < -0.4 is 0 Å². The molecule has 11 rings (SSSR count). The molecule has 0 saturated heterocycles. The van der Waals surface area contributed by atoms with Crippen LogP contribution in [0.5, 0.6) is 0 Å². The van der Waals surface area contributed by atoms with Crippen molar-refractivity contribution < 1.29 is 4.42 Å². The summed E-state index contributed by atoms with van der Waals surface area (Å²) in [6.07, 6.45) is 0. The van der Waals surface area contributed by atoms with Crippen LogP contribution in [0.2, 0.25) is 0 Å². The van der Waals surface area contributed by atoms with Crippen LogP contribution in [-0.2, 0) is 5.41 Å². The molecular formula is C47H28O. The molecule has 0 unspecified atom stereocenters. The third-order valence-electron chi connectivity index (χ3n) is 10.9. The molecule has 0 N–H and O–H groups in total. The molecule has 9 aromatic rings. The molecular weight excluding hydrogens is 581 g/mol. The second kappa shape index (κ2) is 9.44. The zero-order valence-corrected chi connectivity index (χ0v) is 26.1. The van der Waals surface area contributed by atoms with Crippen LogP contribution in [0.4, 0.5) is 0 Å². The standard InChI is InChI=1S/C47H28O/c1-2-13-30(14-3-1)38-28-42-45(46-44(38)37-18-8-11-21-43(37)48-46)36-25-24-33(32-23-22-29-12-4-5-15-31(29)26-32)27-41(36)47(42)39-19-9-6-16-34(39)35-17-7-10-20-40(35)47/h1-28H. The van der Waals surface area contributed by atoms with E-state index in [1.54, 1.807) is 0 Å². The maximum atomic E-state index is 6.96. The summed E-state index contributed by atoms with van der Waals surface area (Å²) >= 11 is 0. The molecule has 0 saturated carbocycles. The summed E-state index contributed by atoms with van der Waals surface area (Å²) < 4.78 is 6.96. The summed E-state index contributed by atoms with van der Waals surface area (Å²) in [5.74, 6) is 0. The molecule has 0 bridgehead atoms. The fourth-order valence-corrected chi connectivity index (χ4v) is 8.89. The first-order chi connectivity index (χ1) is 23.8. The lowest BCUT2D eigenvalue weighted by Gasteiger charge is -2.31. The van der Waals surface area contributed by atoms with Gasteiger partial charge in [-0.2, -0.15) is 0 Å². The Morgan fingerprint density at radius 3 is 1.83 bits per heavy atom. The Labute approximate surface area is 278 Å². The van der Waals surface area contributed by atoms with Gasteiger partial charge in [0.2, 0.25) is 0 Å². The van der Waals surface area contributed by atoms with Crippen LogP contribution in [-0.4, -0.2) is 0 Å². The highest BCUT2D eigenvalue weighted by atomic mass is 16.3. The molecule has 1 aromatic heterocycles. The van der Waals surface area contributed by atoms with Crippen LogP contribution in [0.3, 0.4) is 0 Å². The van der Waals surface area contributed by atoms with Crippen molar-refractivity contribution >= 4 is 32.7 Å². The summed E-state index contributed by atoms with van der Waals surface area (Å²) in [7, 11) is 0. The summed E-state index contributed by atoms with van der Waals surface area (Å²) in [6, 6.07) is 62.4. The summed E-state index contributed by atoms with van der Waals surface area (Å²) in [4.78, 5) is 0. The van der Waals surface area contributed by atoms with E-state index in [2.05, 4.69) is 170 Å². The Morgan fingerprint density at radius 2 is 1.02 bits per heavy atom. The first kappa shape index (κ1) is 25.9. The van der Waals surface area contributed by atoms with Gasteiger partial charge in [-0.25, -0.2) is 0 Å². The topological polar surface area (TPSA) is 13.1 Å². The molecule has 0 aliphatic heterocycles. The first-order valence-electron chi connectivity index (χ1n) is 16.7. The van der Waals surface area contributed by atoms with Crippen LogP contribution in [0.15, 0.2) is 174 Å². The van der Waals surface area contributed by atoms with E-state index in [4.69, 9.17) is 4.42 Å². The highest BCUT2D eigenvalue weighted by Gasteiger charge is 2.53. The van der Waals surface area contributed by atoms with Gasteiger partial charge in [0.25, 0.3) is 0 Å². The molecule has 8 aromatic carbocycles. The van der Waals surface area contributed by atoms with Crippen LogP contribution in [0.25, 0.3) is 77.2 Å². The molecule has 1 spiro atoms. The molecule has 1 nitrogen and oxygen atoms in total. The van der Waals surface area contributed by atoms with E-state index in [9.17, 15) is 0 Å². The second-order valence-electron chi connectivity index (χ2n) is 13.2. The summed E-state index contributed by atoms with van der Waals surface area (Å²) in [5.41, 5.74) is 16.5. The van der Waals surface area contributed by atoms with E-state index in [0.717, 1.165) is 16.6 Å². The van der Waals surface area contributed by atoms with Gasteiger partial charge in [0.1, 0.15) is 11.2 Å². The van der Waals surface area contributed by atoms with E-state index in [1.165, 1.54) is 82.9 Å². The average molecular weight is 609 g/mol. The highest BCUT2D eigenvalue weighted by molar-refractivity contribution is 6.19. The molecule has 222 valence electrons. The highest BCUT2D eigenvalue weighted by Crippen LogP contribution is 2.65. The smallest absolute Gasteiger partial charge is 0.144 e. The van der Waals surface area contributed by atoms with E-state index >= 15 is 0 Å². The average Bonchev–Trinajstić information content (AvgIpc) is 3.79. The van der Waals surface area contributed by atoms with Gasteiger partial charge in [-0.1, -0.05) is 146 Å². The van der Waals surface area contributed by atoms with Gasteiger partial charge in [-0.3, -0.25) is 0 Å². The first-order valence-corrected chi connectivity index (χ1v) is 16.7. The fraction of sp³-hybridized carbons (Fsp3) is 0.0213. The number of rotatable bonds is 2. The number of hydrogen-bond donors (Lipinski definition) is 0. The van der Waals surface area contributed by atoms with Gasteiger partial charge in [-0.15, -0.1) is 0 Å². The van der Waals surface area contributed by atoms with E-state index < -0.39 is 5.41 Å². The maximum Gasteiger partial charge on any atom is 0.144 e. The Kier molecular flexibility index (Phi) is 5.10. The predicted molar refractivity (Wildman–Crippen MR) is 198 cm³/mol. The minimum atomic E-state index is -0.499. The van der Waals surface area contributed by atoms with Gasteiger partial charge in [0.05, 0.1) is 5.41 Å². The Balaban J connectivity index is 1.32. The van der Waals surface area contributed by atoms with Crippen molar-refractivity contribution in [1.82, 2.24) is 0 Å². The van der Waals surface area contributed by atoms with Crippen molar-refractivity contribution in [3.05, 3.63) is 192 Å². The lowest BCUT2D eigenvalue weighted by molar-refractivity contribution is 0.669. The number of benzene rings is 8. The minimum absolute atomic E-state index is 0.499. The molecule has 0 amide bonds. The van der Waals surface area contributed by atoms with Crippen molar-refractivity contribution in [2.24, 2.45) is 0 Å². The fourth-order valence-electron chi connectivity index (χ4n) is 8.89. The van der Waals surface area contributed by atoms with Crippen molar-refractivity contribution in [2.45, 2.75) is 5.41 Å². The second-order valence-corrected chi connectivity index (χ2v) is 13.2. The predicted octanol–water partition coefficient (Wildman–Crippen LogP) is 12.4. The zero-order valence-electron chi connectivity index (χ0n) is 26.1. The third-order valence-corrected chi connectivity index (χ3v) is 10.9. The number of para-hydroxylation sites is 1. The zero-order chi connectivity index (χ0) is 31.4.